The number of benzene rings is 2. The molecule has 3 unspecified atom stereocenters. The molecule has 0 radical (unpaired) electrons. The Hall–Kier alpha value is -4.24. The van der Waals surface area contributed by atoms with Gasteiger partial charge < -0.3 is 26.2 Å². The molecule has 14 nitrogen and oxygen atoms in total. The maximum absolute atomic E-state index is 13.2. The highest BCUT2D eigenvalue weighted by Gasteiger charge is 2.36. The van der Waals surface area contributed by atoms with Gasteiger partial charge in [0, 0.05) is 51.0 Å². The Kier molecular flexibility index (Phi) is 10.3. The van der Waals surface area contributed by atoms with Crippen molar-refractivity contribution in [1.29, 1.82) is 0 Å². The maximum atomic E-state index is 13.2. The van der Waals surface area contributed by atoms with Gasteiger partial charge in [0.2, 0.25) is 17.7 Å². The zero-order valence-corrected chi connectivity index (χ0v) is 30.8. The van der Waals surface area contributed by atoms with E-state index in [-0.39, 0.29) is 36.3 Å². The second-order valence-corrected chi connectivity index (χ2v) is 15.8. The number of amides is 3. The normalized spacial score (nSPS) is 28.0. The molecule has 284 valence electrons. The van der Waals surface area contributed by atoms with E-state index < -0.39 is 18.0 Å². The summed E-state index contributed by atoms with van der Waals surface area (Å²) >= 11 is 0. The molecular weight excluding hydrogens is 672 g/mol. The molecule has 14 heteroatoms. The number of nitrogens with zero attached hydrogens (tertiary/aromatic N) is 5. The van der Waals surface area contributed by atoms with Crippen LogP contribution >= 0.6 is 0 Å². The van der Waals surface area contributed by atoms with Gasteiger partial charge in [-0.05, 0) is 112 Å². The minimum Gasteiger partial charge on any atom is -0.371 e. The van der Waals surface area contributed by atoms with Crippen molar-refractivity contribution in [2.24, 2.45) is 18.7 Å². The lowest BCUT2D eigenvalue weighted by molar-refractivity contribution is -0.135. The van der Waals surface area contributed by atoms with Gasteiger partial charge in [0.25, 0.3) is 0 Å². The second kappa shape index (κ2) is 15.2. The molecule has 3 aromatic rings. The third-order valence-corrected chi connectivity index (χ3v) is 12.4. The Labute approximate surface area is 310 Å². The lowest BCUT2D eigenvalue weighted by Gasteiger charge is -2.43. The molecule has 5 saturated heterocycles. The molecule has 0 saturated carbocycles. The molecule has 53 heavy (non-hydrogen) atoms. The smallest absolute Gasteiger partial charge is 0.329 e. The zero-order valence-electron chi connectivity index (χ0n) is 30.8. The fourth-order valence-electron chi connectivity index (χ4n) is 9.41. The van der Waals surface area contributed by atoms with Crippen LogP contribution in [0.3, 0.4) is 0 Å². The summed E-state index contributed by atoms with van der Waals surface area (Å²) in [5.74, 6) is 0.0509. The van der Waals surface area contributed by atoms with E-state index in [2.05, 4.69) is 72.4 Å². The first-order valence-electron chi connectivity index (χ1n) is 19.6. The van der Waals surface area contributed by atoms with Crippen molar-refractivity contribution in [2.45, 2.75) is 81.7 Å². The topological polar surface area (TPSA) is 162 Å². The fraction of sp³-hybridized carbons (Fsp3) is 0.590. The van der Waals surface area contributed by atoms with Crippen molar-refractivity contribution in [3.63, 3.8) is 0 Å². The van der Waals surface area contributed by atoms with Crippen molar-refractivity contribution >= 4 is 40.1 Å². The van der Waals surface area contributed by atoms with E-state index in [0.717, 1.165) is 87.5 Å². The molecule has 5 aliphatic heterocycles. The van der Waals surface area contributed by atoms with E-state index in [1.165, 1.54) is 24.8 Å². The first kappa shape index (κ1) is 35.8. The van der Waals surface area contributed by atoms with Crippen LogP contribution in [-0.2, 0) is 21.4 Å². The molecule has 1 aromatic heterocycles. The number of rotatable bonds is 9. The lowest BCUT2D eigenvalue weighted by Crippen LogP contribution is -2.71. The number of anilines is 2. The van der Waals surface area contributed by atoms with Crippen LogP contribution in [0.2, 0.25) is 0 Å². The maximum Gasteiger partial charge on any atom is 0.329 e. The highest BCUT2D eigenvalue weighted by Crippen LogP contribution is 2.32. The number of primary amides is 1. The number of carbonyl (C=O) groups excluding carboxylic acids is 3. The van der Waals surface area contributed by atoms with Gasteiger partial charge in [0.1, 0.15) is 18.2 Å². The summed E-state index contributed by atoms with van der Waals surface area (Å²) in [6, 6.07) is 13.7. The predicted molar refractivity (Wildman–Crippen MR) is 205 cm³/mol. The van der Waals surface area contributed by atoms with Gasteiger partial charge in [0.05, 0.1) is 17.2 Å². The summed E-state index contributed by atoms with van der Waals surface area (Å²) in [6.45, 7) is 8.05. The molecule has 6 heterocycles. The van der Waals surface area contributed by atoms with E-state index in [1.54, 1.807) is 16.2 Å². The Bertz CT molecular complexity index is 1880. The van der Waals surface area contributed by atoms with Gasteiger partial charge in [-0.25, -0.2) is 4.79 Å². The van der Waals surface area contributed by atoms with Crippen LogP contribution in [0.4, 0.5) is 11.4 Å². The van der Waals surface area contributed by atoms with Crippen LogP contribution in [0, 0.1) is 5.92 Å². The van der Waals surface area contributed by atoms with Crippen LogP contribution in [0.25, 0.3) is 11.0 Å². The SMILES string of the molecule is Cn1c(=O)n([C@@H]2CCC(=O)NC2=O)c2ccc(N3CC[C@@H](CN4CCC(c5ccc(NC6NC(N7CCCCC7)CNC6C(N)=O)cc5)CC4)C3)cc21. The number of nitrogens with two attached hydrogens (primary N) is 1. The third-order valence-electron chi connectivity index (χ3n) is 12.4. The fourth-order valence-corrected chi connectivity index (χ4v) is 9.41. The average Bonchev–Trinajstić information content (AvgIpc) is 3.74. The Balaban J connectivity index is 0.832. The molecule has 2 aromatic carbocycles. The molecule has 0 aliphatic carbocycles. The lowest BCUT2D eigenvalue weighted by atomic mass is 9.89. The monoisotopic (exact) mass is 726 g/mol. The largest absolute Gasteiger partial charge is 0.371 e. The van der Waals surface area contributed by atoms with Crippen LogP contribution in [0.5, 0.6) is 0 Å². The van der Waals surface area contributed by atoms with Crippen molar-refractivity contribution in [1.82, 2.24) is 34.9 Å². The summed E-state index contributed by atoms with van der Waals surface area (Å²) in [5.41, 5.74) is 10.5. The molecule has 8 rings (SSSR count). The standard InChI is InChI=1S/C39H54N10O4/c1-45-32-21-29(9-10-30(32)49(39(45)53)31-11-12-34(50)44-38(31)52)48-20-13-25(24-48)23-46-18-14-27(15-19-46)26-5-7-28(8-6-26)42-37-35(36(40)51)41-22-33(43-37)47-16-3-2-4-17-47/h5-10,21,25,27,31,33,35,37,41-43H,2-4,11-20,22-24H2,1H3,(H2,40,51)(H,44,50,52)/t25-,31+,33?,35?,37?/m0/s1. The van der Waals surface area contributed by atoms with Gasteiger partial charge >= 0.3 is 5.69 Å². The molecule has 6 N–H and O–H groups in total. The molecule has 0 spiro atoms. The van der Waals surface area contributed by atoms with Gasteiger partial charge in [0.15, 0.2) is 0 Å². The van der Waals surface area contributed by atoms with E-state index in [0.29, 0.717) is 24.8 Å². The number of likely N-dealkylation sites (tertiary alicyclic amines) is 2. The number of fused-ring (bicyclic) bond motifs is 1. The quantitative estimate of drug-likeness (QED) is 0.205. The number of hydrogen-bond acceptors (Lipinski definition) is 10. The number of imide groups is 1. The van der Waals surface area contributed by atoms with E-state index >= 15 is 0 Å². The summed E-state index contributed by atoms with van der Waals surface area (Å²) in [7, 11) is 1.75. The summed E-state index contributed by atoms with van der Waals surface area (Å²) in [6.07, 6.45) is 7.55. The Morgan fingerprint density at radius 1 is 0.906 bits per heavy atom. The highest BCUT2D eigenvalue weighted by atomic mass is 16.2. The number of aryl methyl sites for hydroxylation is 1. The van der Waals surface area contributed by atoms with Crippen LogP contribution in [0.15, 0.2) is 47.3 Å². The first-order valence-corrected chi connectivity index (χ1v) is 19.6. The van der Waals surface area contributed by atoms with Crippen LogP contribution in [0.1, 0.15) is 68.9 Å². The van der Waals surface area contributed by atoms with Crippen molar-refractivity contribution < 1.29 is 14.4 Å². The number of aromatic nitrogens is 2. The molecule has 5 aliphatic rings. The number of piperidine rings is 3. The highest BCUT2D eigenvalue weighted by molar-refractivity contribution is 6.00. The van der Waals surface area contributed by atoms with Gasteiger partial charge in [-0.15, -0.1) is 0 Å². The van der Waals surface area contributed by atoms with E-state index in [1.807, 2.05) is 6.07 Å². The number of nitrogens with one attached hydrogen (secondary N) is 4. The summed E-state index contributed by atoms with van der Waals surface area (Å²) < 4.78 is 3.15. The van der Waals surface area contributed by atoms with Crippen LogP contribution in [-0.4, -0.2) is 107 Å². The molecule has 3 amide bonds. The number of carbonyl (C=O) groups is 3. The number of piperazine rings is 1. The Morgan fingerprint density at radius 3 is 2.42 bits per heavy atom. The van der Waals surface area contributed by atoms with Crippen LogP contribution < -0.4 is 37.6 Å². The van der Waals surface area contributed by atoms with E-state index in [9.17, 15) is 19.2 Å². The minimum atomic E-state index is -0.678. The minimum absolute atomic E-state index is 0.174. The van der Waals surface area contributed by atoms with Crippen molar-refractivity contribution in [2.75, 3.05) is 62.6 Å². The number of imidazole rings is 1. The molecule has 0 bridgehead atoms. The molecule has 5 atom stereocenters. The molecule has 5 fully saturated rings. The zero-order chi connectivity index (χ0) is 36.6. The second-order valence-electron chi connectivity index (χ2n) is 15.8. The summed E-state index contributed by atoms with van der Waals surface area (Å²) in [4.78, 5) is 57.3. The predicted octanol–water partition coefficient (Wildman–Crippen LogP) is 1.62. The van der Waals surface area contributed by atoms with Gasteiger partial charge in [-0.3, -0.25) is 39.1 Å². The average molecular weight is 727 g/mol. The van der Waals surface area contributed by atoms with Crippen molar-refractivity contribution in [3.05, 3.63) is 58.5 Å². The van der Waals surface area contributed by atoms with Gasteiger partial charge in [-0.2, -0.15) is 0 Å². The molecular formula is C39H54N10O4. The first-order chi connectivity index (χ1) is 25.7. The van der Waals surface area contributed by atoms with Gasteiger partial charge in [-0.1, -0.05) is 18.6 Å². The van der Waals surface area contributed by atoms with E-state index in [4.69, 9.17) is 5.73 Å². The third kappa shape index (κ3) is 7.46. The number of hydrogen-bond donors (Lipinski definition) is 5. The van der Waals surface area contributed by atoms with Crippen molar-refractivity contribution in [3.8, 4) is 0 Å². The summed E-state index contributed by atoms with van der Waals surface area (Å²) in [5, 5.41) is 13.0. The Morgan fingerprint density at radius 2 is 1.68 bits per heavy atom.